The number of anilines is 1. The molecule has 1 aliphatic heterocycles. The molecule has 1 aliphatic rings. The van der Waals surface area contributed by atoms with E-state index in [9.17, 15) is 8.42 Å². The van der Waals surface area contributed by atoms with Crippen molar-refractivity contribution in [1.82, 2.24) is 4.98 Å². The van der Waals surface area contributed by atoms with Gasteiger partial charge < -0.3 is 9.47 Å². The van der Waals surface area contributed by atoms with Gasteiger partial charge in [-0.3, -0.25) is 9.71 Å². The van der Waals surface area contributed by atoms with Crippen molar-refractivity contribution in [3.8, 4) is 11.5 Å². The normalized spacial score (nSPS) is 13.0. The summed E-state index contributed by atoms with van der Waals surface area (Å²) in [6, 6.07) is 14.9. The Balaban J connectivity index is 1.51. The zero-order valence-electron chi connectivity index (χ0n) is 14.4. The third kappa shape index (κ3) is 4.00. The van der Waals surface area contributed by atoms with Gasteiger partial charge in [0.25, 0.3) is 10.0 Å². The summed E-state index contributed by atoms with van der Waals surface area (Å²) in [6.45, 7) is 0.199. The Kier molecular flexibility index (Phi) is 5.01. The highest BCUT2D eigenvalue weighted by Crippen LogP contribution is 2.36. The molecule has 142 valence electrons. The van der Waals surface area contributed by atoms with Crippen LogP contribution in [0.4, 0.5) is 11.5 Å². The summed E-state index contributed by atoms with van der Waals surface area (Å²) in [5.74, 6) is 1.60. The lowest BCUT2D eigenvalue weighted by Gasteiger charge is -2.07. The predicted molar refractivity (Wildman–Crippen MR) is 109 cm³/mol. The number of aliphatic imine (C=N–C) groups is 1. The summed E-state index contributed by atoms with van der Waals surface area (Å²) < 4.78 is 38.8. The van der Waals surface area contributed by atoms with Gasteiger partial charge in [0.15, 0.2) is 11.5 Å². The Morgan fingerprint density at radius 1 is 1.07 bits per heavy atom. The Bertz CT molecular complexity index is 1130. The van der Waals surface area contributed by atoms with Gasteiger partial charge in [0.05, 0.1) is 10.6 Å². The minimum Gasteiger partial charge on any atom is -0.454 e. The van der Waals surface area contributed by atoms with E-state index in [-0.39, 0.29) is 17.5 Å². The molecular weight excluding hydrogens is 446 g/mol. The molecule has 2 aromatic carbocycles. The summed E-state index contributed by atoms with van der Waals surface area (Å²) in [5, 5.41) is 0. The van der Waals surface area contributed by atoms with Crippen LogP contribution in [0, 0.1) is 0 Å². The minimum atomic E-state index is -3.71. The van der Waals surface area contributed by atoms with E-state index in [1.807, 2.05) is 12.1 Å². The van der Waals surface area contributed by atoms with Crippen molar-refractivity contribution in [1.29, 1.82) is 0 Å². The highest BCUT2D eigenvalue weighted by molar-refractivity contribution is 9.10. The quantitative estimate of drug-likeness (QED) is 0.579. The summed E-state index contributed by atoms with van der Waals surface area (Å²) in [4.78, 5) is 8.48. The van der Waals surface area contributed by atoms with Crippen molar-refractivity contribution in [3.63, 3.8) is 0 Å². The van der Waals surface area contributed by atoms with Gasteiger partial charge in [-0.2, -0.15) is 0 Å². The maximum absolute atomic E-state index is 12.4. The highest BCUT2D eigenvalue weighted by atomic mass is 79.9. The van der Waals surface area contributed by atoms with Crippen LogP contribution in [0.2, 0.25) is 0 Å². The van der Waals surface area contributed by atoms with Crippen molar-refractivity contribution in [2.24, 2.45) is 4.99 Å². The number of benzene rings is 2. The number of ether oxygens (including phenoxy) is 2. The van der Waals surface area contributed by atoms with Crippen LogP contribution in [0.25, 0.3) is 0 Å². The molecule has 0 saturated heterocycles. The number of nitrogens with zero attached hydrogens (tertiary/aromatic N) is 2. The third-order valence-corrected chi connectivity index (χ3v) is 5.95. The second-order valence-corrected chi connectivity index (χ2v) is 8.34. The molecule has 4 rings (SSSR count). The van der Waals surface area contributed by atoms with Crippen LogP contribution in [-0.2, 0) is 10.0 Å². The van der Waals surface area contributed by atoms with Crippen LogP contribution in [0.3, 0.4) is 0 Å². The second-order valence-electron chi connectivity index (χ2n) is 5.80. The molecular formula is C19H14BrN3O4S. The van der Waals surface area contributed by atoms with Gasteiger partial charge in [0.2, 0.25) is 6.79 Å². The van der Waals surface area contributed by atoms with Crippen LogP contribution < -0.4 is 14.2 Å². The third-order valence-electron chi connectivity index (χ3n) is 3.90. The fraction of sp³-hybridized carbons (Fsp3) is 0.0526. The minimum absolute atomic E-state index is 0.126. The van der Waals surface area contributed by atoms with Gasteiger partial charge >= 0.3 is 0 Å². The molecule has 0 spiro atoms. The average molecular weight is 460 g/mol. The van der Waals surface area contributed by atoms with Crippen LogP contribution in [0.5, 0.6) is 11.5 Å². The first-order chi connectivity index (χ1) is 13.5. The summed E-state index contributed by atoms with van der Waals surface area (Å²) in [5.41, 5.74) is 1.43. The Morgan fingerprint density at radius 2 is 1.82 bits per heavy atom. The summed E-state index contributed by atoms with van der Waals surface area (Å²) in [7, 11) is -3.71. The molecule has 0 atom stereocenters. The smallest absolute Gasteiger partial charge is 0.263 e. The molecule has 3 aromatic rings. The number of sulfonamides is 1. The average Bonchev–Trinajstić information content (AvgIpc) is 3.14. The predicted octanol–water partition coefficient (Wildman–Crippen LogP) is 4.12. The molecule has 1 aromatic heterocycles. The van der Waals surface area contributed by atoms with Gasteiger partial charge in [-0.1, -0.05) is 6.07 Å². The topological polar surface area (TPSA) is 89.9 Å². The molecule has 9 heteroatoms. The van der Waals surface area contributed by atoms with E-state index in [4.69, 9.17) is 9.47 Å². The van der Waals surface area contributed by atoms with Crippen molar-refractivity contribution in [3.05, 3.63) is 70.8 Å². The highest BCUT2D eigenvalue weighted by Gasteiger charge is 2.16. The second kappa shape index (κ2) is 7.61. The van der Waals surface area contributed by atoms with E-state index >= 15 is 0 Å². The lowest BCUT2D eigenvalue weighted by atomic mass is 10.2. The monoisotopic (exact) mass is 459 g/mol. The number of rotatable bonds is 5. The Labute approximate surface area is 170 Å². The summed E-state index contributed by atoms with van der Waals surface area (Å²) in [6.07, 6.45) is 3.19. The van der Waals surface area contributed by atoms with Crippen LogP contribution in [-0.4, -0.2) is 26.4 Å². The van der Waals surface area contributed by atoms with Crippen molar-refractivity contribution >= 4 is 43.7 Å². The molecule has 1 N–H and O–H groups in total. The molecule has 0 aliphatic carbocycles. The molecule has 28 heavy (non-hydrogen) atoms. The fourth-order valence-corrected chi connectivity index (χ4v) is 3.94. The van der Waals surface area contributed by atoms with Crippen LogP contribution in [0.15, 0.2) is 75.2 Å². The van der Waals surface area contributed by atoms with Crippen molar-refractivity contribution in [2.75, 3.05) is 11.5 Å². The van der Waals surface area contributed by atoms with E-state index in [0.717, 1.165) is 10.0 Å². The number of hydrogen-bond acceptors (Lipinski definition) is 6. The van der Waals surface area contributed by atoms with Gasteiger partial charge in [-0.05, 0) is 64.5 Å². The van der Waals surface area contributed by atoms with E-state index in [1.54, 1.807) is 36.5 Å². The van der Waals surface area contributed by atoms with E-state index in [2.05, 4.69) is 30.6 Å². The Hall–Kier alpha value is -2.91. The molecule has 7 nitrogen and oxygen atoms in total. The number of halogens is 1. The molecule has 0 fully saturated rings. The fourth-order valence-electron chi connectivity index (χ4n) is 2.51. The molecule has 0 saturated carbocycles. The van der Waals surface area contributed by atoms with Gasteiger partial charge in [0.1, 0.15) is 5.82 Å². The molecule has 0 radical (unpaired) electrons. The maximum Gasteiger partial charge on any atom is 0.263 e. The first-order valence-electron chi connectivity index (χ1n) is 8.18. The van der Waals surface area contributed by atoms with Gasteiger partial charge in [-0.15, -0.1) is 0 Å². The number of aromatic nitrogens is 1. The zero-order valence-corrected chi connectivity index (χ0v) is 16.8. The molecule has 2 heterocycles. The van der Waals surface area contributed by atoms with E-state index < -0.39 is 10.0 Å². The van der Waals surface area contributed by atoms with Crippen LogP contribution >= 0.6 is 15.9 Å². The van der Waals surface area contributed by atoms with Gasteiger partial charge in [0, 0.05) is 22.4 Å². The Morgan fingerprint density at radius 3 is 2.54 bits per heavy atom. The number of hydrogen-bond donors (Lipinski definition) is 1. The van der Waals surface area contributed by atoms with Gasteiger partial charge in [-0.25, -0.2) is 13.4 Å². The maximum atomic E-state index is 12.4. The van der Waals surface area contributed by atoms with Crippen LogP contribution in [0.1, 0.15) is 5.56 Å². The lowest BCUT2D eigenvalue weighted by Crippen LogP contribution is -2.13. The number of pyridine rings is 1. The summed E-state index contributed by atoms with van der Waals surface area (Å²) >= 11 is 3.47. The lowest BCUT2D eigenvalue weighted by molar-refractivity contribution is 0.174. The molecule has 0 unspecified atom stereocenters. The molecule has 0 bridgehead atoms. The van der Waals surface area contributed by atoms with E-state index in [0.29, 0.717) is 17.2 Å². The SMILES string of the molecule is O=S(=O)(Nc1ccccn1)c1ccc(N=Cc2cc3c(cc2Br)OCO3)cc1. The van der Waals surface area contributed by atoms with Crippen molar-refractivity contribution in [2.45, 2.75) is 4.90 Å². The largest absolute Gasteiger partial charge is 0.454 e. The molecule has 0 amide bonds. The van der Waals surface area contributed by atoms with E-state index in [1.165, 1.54) is 18.3 Å². The first kappa shape index (κ1) is 18.5. The number of fused-ring (bicyclic) bond motifs is 1. The van der Waals surface area contributed by atoms with Crippen molar-refractivity contribution < 1.29 is 17.9 Å². The number of nitrogens with one attached hydrogen (secondary N) is 1. The zero-order chi connectivity index (χ0) is 19.6. The first-order valence-corrected chi connectivity index (χ1v) is 10.5. The standard InChI is InChI=1S/C19H14BrN3O4S/c20-16-10-18-17(26-12-27-18)9-13(16)11-22-14-4-6-15(7-5-14)28(24,25)23-19-3-1-2-8-21-19/h1-11H,12H2,(H,21,23).